The van der Waals surface area contributed by atoms with Gasteiger partial charge in [-0.3, -0.25) is 0 Å². The van der Waals surface area contributed by atoms with E-state index in [0.717, 1.165) is 12.4 Å². The van der Waals surface area contributed by atoms with Crippen molar-refractivity contribution in [2.45, 2.75) is 0 Å². The smallest absolute Gasteiger partial charge is 0.149 e. The van der Waals surface area contributed by atoms with Gasteiger partial charge < -0.3 is 0 Å². The van der Waals surface area contributed by atoms with Crippen molar-refractivity contribution in [3.63, 3.8) is 0 Å². The van der Waals surface area contributed by atoms with Gasteiger partial charge in [0.1, 0.15) is 0 Å². The van der Waals surface area contributed by atoms with Crippen molar-refractivity contribution in [1.29, 1.82) is 0 Å². The zero-order valence-electron chi connectivity index (χ0n) is 7.91. The lowest BCUT2D eigenvalue weighted by Crippen LogP contribution is -2.26. The molecule has 0 aromatic carbocycles. The molecule has 1 aliphatic rings. The van der Waals surface area contributed by atoms with Crippen molar-refractivity contribution in [1.82, 2.24) is 0 Å². The molecule has 0 saturated heterocycles. The molecule has 2 rings (SSSR count). The summed E-state index contributed by atoms with van der Waals surface area (Å²) in [5.41, 5.74) is 0. The highest BCUT2D eigenvalue weighted by atomic mass is 31.3. The predicted octanol–water partition coefficient (Wildman–Crippen LogP) is 5.52. The maximum Gasteiger partial charge on any atom is 0.525 e. The van der Waals surface area contributed by atoms with Crippen LogP contribution in [0.4, 0.5) is 21.0 Å². The van der Waals surface area contributed by atoms with Crippen LogP contribution < -0.4 is 4.34 Å². The number of hydrogen-bond donors (Lipinski definition) is 0. The quantitative estimate of drug-likeness (QED) is 0.484. The maximum atomic E-state index is 14.1. The second kappa shape index (κ2) is 4.01. The topological polar surface area (TPSA) is 41.0 Å². The van der Waals surface area contributed by atoms with Crippen LogP contribution in [0.25, 0.3) is 0 Å². The summed E-state index contributed by atoms with van der Waals surface area (Å²) in [6.45, 7) is 0. The Labute approximate surface area is 93.5 Å². The molecule has 0 radical (unpaired) electrons. The molecule has 1 atom stereocenters. The molecule has 4 nitrogen and oxygen atoms in total. The molecule has 1 aliphatic heterocycles. The van der Waals surface area contributed by atoms with Gasteiger partial charge in [0, 0.05) is 12.1 Å². The Kier molecular flexibility index (Phi) is 3.05. The molecule has 1 aromatic heterocycles. The largest absolute Gasteiger partial charge is 0.525 e. The van der Waals surface area contributed by atoms with Gasteiger partial charge in [0.2, 0.25) is 0 Å². The Balaban J connectivity index is 2.73. The van der Waals surface area contributed by atoms with Crippen molar-refractivity contribution in [3.05, 3.63) is 30.6 Å². The van der Waals surface area contributed by atoms with Gasteiger partial charge in [-0.25, -0.2) is 0 Å². The highest BCUT2D eigenvalue weighted by Gasteiger charge is 2.45. The van der Waals surface area contributed by atoms with Crippen LogP contribution in [0.2, 0.25) is 0 Å². The van der Waals surface area contributed by atoms with E-state index in [-0.39, 0.29) is 0 Å². The second-order valence-electron chi connectivity index (χ2n) is 2.93. The van der Waals surface area contributed by atoms with E-state index in [1.54, 1.807) is 0 Å². The Morgan fingerprint density at radius 2 is 1.24 bits per heavy atom. The molecule has 0 bridgehead atoms. The van der Waals surface area contributed by atoms with Crippen LogP contribution in [-0.4, -0.2) is 0 Å². The highest BCUT2D eigenvalue weighted by molar-refractivity contribution is 7.77. The van der Waals surface area contributed by atoms with E-state index in [0.29, 0.717) is 4.34 Å². The SMILES string of the molecule is FP1(F)=NP(F)(F)=NP(F)([n+]2ccccc2)=N1. The molecule has 1 unspecified atom stereocenters. The molecule has 0 fully saturated rings. The zero-order valence-corrected chi connectivity index (χ0v) is 10.6. The number of halogens is 5. The summed E-state index contributed by atoms with van der Waals surface area (Å²) in [7, 11) is -16.1. The number of nitrogens with zero attached hydrogens (tertiary/aromatic N) is 4. The minimum absolute atomic E-state index is 0.559. The van der Waals surface area contributed by atoms with E-state index in [9.17, 15) is 21.0 Å². The van der Waals surface area contributed by atoms with Crippen LogP contribution in [0.15, 0.2) is 44.1 Å². The van der Waals surface area contributed by atoms with Gasteiger partial charge in [-0.1, -0.05) is 15.1 Å². The van der Waals surface area contributed by atoms with E-state index >= 15 is 0 Å². The van der Waals surface area contributed by atoms with Crippen molar-refractivity contribution in [2.24, 2.45) is 13.5 Å². The van der Waals surface area contributed by atoms with Crippen molar-refractivity contribution in [2.75, 3.05) is 0 Å². The summed E-state index contributed by atoms with van der Waals surface area (Å²) in [6, 6.07) is 4.11. The average molecular weight is 309 g/mol. The maximum absolute atomic E-state index is 14.1. The first kappa shape index (κ1) is 12.9. The molecule has 0 amide bonds. The van der Waals surface area contributed by atoms with Crippen LogP contribution in [0.3, 0.4) is 0 Å². The van der Waals surface area contributed by atoms with Crippen molar-refractivity contribution >= 4 is 23.3 Å². The van der Waals surface area contributed by atoms with E-state index in [1.165, 1.54) is 18.2 Å². The Morgan fingerprint density at radius 3 is 1.76 bits per heavy atom. The molecule has 94 valence electrons. The summed E-state index contributed by atoms with van der Waals surface area (Å²) in [4.78, 5) is 0. The lowest BCUT2D eigenvalue weighted by Gasteiger charge is -2.11. The van der Waals surface area contributed by atoms with Crippen LogP contribution in [-0.2, 0) is 0 Å². The average Bonchev–Trinajstić information content (AvgIpc) is 2.13. The van der Waals surface area contributed by atoms with Gasteiger partial charge in [0.15, 0.2) is 12.4 Å². The lowest BCUT2D eigenvalue weighted by atomic mass is 10.5. The van der Waals surface area contributed by atoms with E-state index in [1.807, 2.05) is 4.52 Å². The fourth-order valence-electron chi connectivity index (χ4n) is 1.11. The highest BCUT2D eigenvalue weighted by Crippen LogP contribution is 2.80. The summed E-state index contributed by atoms with van der Waals surface area (Å²) in [5.74, 6) is 0. The van der Waals surface area contributed by atoms with Gasteiger partial charge in [-0.15, -0.1) is 29.8 Å². The summed E-state index contributed by atoms with van der Waals surface area (Å²) >= 11 is 0. The molecule has 0 aliphatic carbocycles. The first-order valence-corrected chi connectivity index (χ1v) is 8.59. The fraction of sp³-hybridized carbons (Fsp3) is 0. The molecule has 17 heavy (non-hydrogen) atoms. The number of pyridine rings is 1. The van der Waals surface area contributed by atoms with Gasteiger partial charge in [-0.05, 0) is 0 Å². The first-order chi connectivity index (χ1) is 7.73. The fourth-order valence-corrected chi connectivity index (χ4v) is 6.96. The van der Waals surface area contributed by atoms with Gasteiger partial charge in [0.25, 0.3) is 0 Å². The van der Waals surface area contributed by atoms with E-state index in [4.69, 9.17) is 0 Å². The van der Waals surface area contributed by atoms with Crippen LogP contribution >= 0.6 is 23.3 Å². The lowest BCUT2D eigenvalue weighted by molar-refractivity contribution is -0.520. The van der Waals surface area contributed by atoms with Crippen LogP contribution in [0.5, 0.6) is 0 Å². The molecule has 0 N–H and O–H groups in total. The third-order valence-electron chi connectivity index (χ3n) is 1.65. The third-order valence-corrected chi connectivity index (χ3v) is 7.77. The minimum atomic E-state index is -5.64. The van der Waals surface area contributed by atoms with Gasteiger partial charge >= 0.3 is 23.3 Å². The molecule has 0 spiro atoms. The van der Waals surface area contributed by atoms with Gasteiger partial charge in [0.05, 0.1) is 0 Å². The molecular weight excluding hydrogens is 304 g/mol. The third kappa shape index (κ3) is 2.84. The standard InChI is InChI=1S/C5H5F5N4P3/c6-15(7)11-16(8,9)13-17(10,12-15)14-4-2-1-3-5-14/h1-5H/q+1. The number of aromatic nitrogens is 1. The second-order valence-corrected chi connectivity index (χ2v) is 8.35. The van der Waals surface area contributed by atoms with Crippen molar-refractivity contribution < 1.29 is 25.3 Å². The summed E-state index contributed by atoms with van der Waals surface area (Å²) in [6.07, 6.45) is 2.07. The van der Waals surface area contributed by atoms with Gasteiger partial charge in [-0.2, -0.15) is 0 Å². The molecular formula is C5H5F5N4P3+. The van der Waals surface area contributed by atoms with E-state index in [2.05, 4.69) is 9.03 Å². The summed E-state index contributed by atoms with van der Waals surface area (Å²) < 4.78 is 73.3. The number of hydrogen-bond acceptors (Lipinski definition) is 3. The van der Waals surface area contributed by atoms with E-state index < -0.39 is 23.3 Å². The number of rotatable bonds is 1. The molecule has 1 aromatic rings. The first-order valence-electron chi connectivity index (χ1n) is 4.09. The van der Waals surface area contributed by atoms with Crippen molar-refractivity contribution in [3.8, 4) is 0 Å². The molecule has 12 heteroatoms. The van der Waals surface area contributed by atoms with Crippen LogP contribution in [0.1, 0.15) is 0 Å². The Morgan fingerprint density at radius 1 is 0.706 bits per heavy atom. The monoisotopic (exact) mass is 309 g/mol. The molecule has 0 saturated carbocycles. The molecule has 2 heterocycles. The minimum Gasteiger partial charge on any atom is -0.149 e. The Bertz CT molecular complexity index is 594. The Hall–Kier alpha value is -0.510. The predicted molar refractivity (Wildman–Crippen MR) is 55.6 cm³/mol. The summed E-state index contributed by atoms with van der Waals surface area (Å²) in [5, 5.41) is 0. The van der Waals surface area contributed by atoms with Crippen LogP contribution in [0, 0.1) is 0 Å². The zero-order chi connectivity index (χ0) is 12.7. The normalized spacial score (nSPS) is 29.7.